The highest BCUT2D eigenvalue weighted by Crippen LogP contribution is 2.35. The zero-order valence-corrected chi connectivity index (χ0v) is 23.5. The monoisotopic (exact) mass is 606 g/mol. The van der Waals surface area contributed by atoms with Crippen LogP contribution >= 0.6 is 46.6 Å². The van der Waals surface area contributed by atoms with Gasteiger partial charge < -0.3 is 14.5 Å². The minimum atomic E-state index is -0.640. The lowest BCUT2D eigenvalue weighted by Crippen LogP contribution is -2.36. The van der Waals surface area contributed by atoms with E-state index in [4.69, 9.17) is 44.0 Å². The molecule has 0 radical (unpaired) electrons. The number of hydrogen-bond donors (Lipinski definition) is 1. The molecule has 0 unspecified atom stereocenters. The van der Waals surface area contributed by atoms with Gasteiger partial charge in [-0.15, -0.1) is 0 Å². The lowest BCUT2D eigenvalue weighted by atomic mass is 10.2. The second-order valence-corrected chi connectivity index (χ2v) is 10.6. The van der Waals surface area contributed by atoms with Crippen LogP contribution in [0, 0.1) is 0 Å². The van der Waals surface area contributed by atoms with Gasteiger partial charge in [-0.3, -0.25) is 19.3 Å². The molecule has 3 amide bonds. The van der Waals surface area contributed by atoms with Crippen molar-refractivity contribution in [2.45, 2.75) is 19.8 Å². The number of rotatable bonds is 9. The van der Waals surface area contributed by atoms with Gasteiger partial charge >= 0.3 is 5.97 Å². The van der Waals surface area contributed by atoms with Crippen molar-refractivity contribution in [1.29, 1.82) is 0 Å². The number of carbonyl (C=O) groups is 4. The first-order valence-electron chi connectivity index (χ1n) is 11.7. The highest BCUT2D eigenvalue weighted by Gasteiger charge is 2.36. The molecule has 2 aromatic carbocycles. The van der Waals surface area contributed by atoms with Gasteiger partial charge in [0.1, 0.15) is 18.1 Å². The molecule has 0 atom stereocenters. The molecule has 1 aromatic heterocycles. The fraction of sp³-hybridized carbons (Fsp3) is 0.185. The molecule has 3 aromatic rings. The summed E-state index contributed by atoms with van der Waals surface area (Å²) in [6.07, 6.45) is 3.00. The van der Waals surface area contributed by atoms with E-state index in [0.717, 1.165) is 11.3 Å². The normalized spacial score (nSPS) is 14.3. The molecule has 4 rings (SSSR count). The zero-order chi connectivity index (χ0) is 28.1. The van der Waals surface area contributed by atoms with Crippen molar-refractivity contribution in [3.05, 3.63) is 79.8 Å². The number of unbranched alkanes of at least 4 members (excludes halogenated alkanes) is 1. The summed E-state index contributed by atoms with van der Waals surface area (Å²) in [5.74, 6) is -1.11. The SMILES string of the molecule is CCCCOC(=O)c1cc(NC(=O)CN2C(=O)S/C(=C/c3ccc(-c4ccc(Cl)cc4Cl)o3)C2=O)ccc1Cl. The maximum Gasteiger partial charge on any atom is 0.339 e. The molecule has 1 N–H and O–H groups in total. The van der Waals surface area contributed by atoms with Gasteiger partial charge in [0.05, 0.1) is 27.1 Å². The first-order chi connectivity index (χ1) is 18.7. The first-order valence-corrected chi connectivity index (χ1v) is 13.7. The van der Waals surface area contributed by atoms with E-state index in [1.807, 2.05) is 6.92 Å². The van der Waals surface area contributed by atoms with Gasteiger partial charge in [-0.1, -0.05) is 48.1 Å². The predicted octanol–water partition coefficient (Wildman–Crippen LogP) is 7.54. The molecule has 202 valence electrons. The van der Waals surface area contributed by atoms with Crippen molar-refractivity contribution in [2.24, 2.45) is 0 Å². The van der Waals surface area contributed by atoms with Crippen molar-refractivity contribution in [3.63, 3.8) is 0 Å². The fourth-order valence-electron chi connectivity index (χ4n) is 3.52. The van der Waals surface area contributed by atoms with E-state index in [1.165, 1.54) is 24.3 Å². The van der Waals surface area contributed by atoms with Crippen LogP contribution in [0.25, 0.3) is 17.4 Å². The van der Waals surface area contributed by atoms with E-state index in [-0.39, 0.29) is 27.8 Å². The summed E-state index contributed by atoms with van der Waals surface area (Å²) in [7, 11) is 0. The average Bonchev–Trinajstić information content (AvgIpc) is 3.45. The molecule has 0 aliphatic carbocycles. The highest BCUT2D eigenvalue weighted by molar-refractivity contribution is 8.18. The Bertz CT molecular complexity index is 1490. The second kappa shape index (κ2) is 12.7. The van der Waals surface area contributed by atoms with Crippen LogP contribution in [0.3, 0.4) is 0 Å². The summed E-state index contributed by atoms with van der Waals surface area (Å²) < 4.78 is 11.0. The van der Waals surface area contributed by atoms with Gasteiger partial charge in [0.2, 0.25) is 5.91 Å². The molecule has 1 fully saturated rings. The molecule has 1 saturated heterocycles. The molecular formula is C27H21Cl3N2O6S. The largest absolute Gasteiger partial charge is 0.462 e. The molecular weight excluding hydrogens is 587 g/mol. The maximum absolute atomic E-state index is 12.9. The van der Waals surface area contributed by atoms with Crippen LogP contribution in [0.2, 0.25) is 15.1 Å². The number of thioether (sulfide) groups is 1. The maximum atomic E-state index is 12.9. The Labute approximate surface area is 243 Å². The number of benzene rings is 2. The number of nitrogens with zero attached hydrogens (tertiary/aromatic N) is 1. The summed E-state index contributed by atoms with van der Waals surface area (Å²) in [6.45, 7) is 1.70. The molecule has 39 heavy (non-hydrogen) atoms. The molecule has 2 heterocycles. The average molecular weight is 608 g/mol. The smallest absolute Gasteiger partial charge is 0.339 e. The Morgan fingerprint density at radius 3 is 2.59 bits per heavy atom. The number of anilines is 1. The molecule has 1 aliphatic rings. The highest BCUT2D eigenvalue weighted by atomic mass is 35.5. The Kier molecular flexibility index (Phi) is 9.40. The quantitative estimate of drug-likeness (QED) is 0.152. The molecule has 0 bridgehead atoms. The molecule has 8 nitrogen and oxygen atoms in total. The van der Waals surface area contributed by atoms with Gasteiger partial charge in [-0.05, 0) is 66.7 Å². The number of nitrogens with one attached hydrogen (secondary N) is 1. The summed E-state index contributed by atoms with van der Waals surface area (Å²) in [5.41, 5.74) is 0.973. The minimum Gasteiger partial charge on any atom is -0.462 e. The number of halogens is 3. The molecule has 0 saturated carbocycles. The summed E-state index contributed by atoms with van der Waals surface area (Å²) in [4.78, 5) is 51.2. The topological polar surface area (TPSA) is 106 Å². The van der Waals surface area contributed by atoms with E-state index in [1.54, 1.807) is 30.3 Å². The van der Waals surface area contributed by atoms with E-state index < -0.39 is 29.6 Å². The number of imide groups is 1. The summed E-state index contributed by atoms with van der Waals surface area (Å²) >= 11 is 19.0. The predicted molar refractivity (Wildman–Crippen MR) is 152 cm³/mol. The van der Waals surface area contributed by atoms with Crippen molar-refractivity contribution in [1.82, 2.24) is 4.90 Å². The Morgan fingerprint density at radius 1 is 1.05 bits per heavy atom. The van der Waals surface area contributed by atoms with Crippen LogP contribution in [-0.2, 0) is 14.3 Å². The number of carbonyl (C=O) groups excluding carboxylic acids is 4. The second-order valence-electron chi connectivity index (χ2n) is 8.33. The lowest BCUT2D eigenvalue weighted by Gasteiger charge is -2.13. The fourth-order valence-corrected chi connectivity index (χ4v) is 5.04. The number of amides is 3. The summed E-state index contributed by atoms with van der Waals surface area (Å²) in [6, 6.07) is 12.6. The van der Waals surface area contributed by atoms with Crippen LogP contribution in [0.1, 0.15) is 35.9 Å². The van der Waals surface area contributed by atoms with Crippen LogP contribution in [-0.4, -0.2) is 41.1 Å². The van der Waals surface area contributed by atoms with Crippen molar-refractivity contribution in [2.75, 3.05) is 18.5 Å². The third-order valence-corrected chi connectivity index (χ3v) is 7.26. The van der Waals surface area contributed by atoms with Crippen LogP contribution in [0.15, 0.2) is 57.9 Å². The van der Waals surface area contributed by atoms with Crippen LogP contribution in [0.4, 0.5) is 10.5 Å². The van der Waals surface area contributed by atoms with Gasteiger partial charge in [0, 0.05) is 22.3 Å². The lowest BCUT2D eigenvalue weighted by molar-refractivity contribution is -0.127. The Balaban J connectivity index is 1.41. The van der Waals surface area contributed by atoms with E-state index in [0.29, 0.717) is 45.3 Å². The molecule has 12 heteroatoms. The van der Waals surface area contributed by atoms with Crippen molar-refractivity contribution < 1.29 is 28.3 Å². The van der Waals surface area contributed by atoms with Gasteiger partial charge in [0.15, 0.2) is 0 Å². The Hall–Kier alpha value is -3.24. The number of esters is 1. The standard InChI is InChI=1S/C27H21Cl3N2O6S/c1-2-3-10-37-26(35)19-12-16(5-8-20(19)29)31-24(33)14-32-25(34)23(39-27(32)36)13-17-6-9-22(38-17)18-7-4-15(28)11-21(18)30/h4-9,11-13H,2-3,10,14H2,1H3,(H,31,33)/b23-13+. The number of ether oxygens (including phenoxy) is 1. The third kappa shape index (κ3) is 7.05. The number of hydrogen-bond acceptors (Lipinski definition) is 7. The van der Waals surface area contributed by atoms with Gasteiger partial charge in [-0.2, -0.15) is 0 Å². The van der Waals surface area contributed by atoms with E-state index in [9.17, 15) is 19.2 Å². The van der Waals surface area contributed by atoms with E-state index >= 15 is 0 Å². The van der Waals surface area contributed by atoms with Gasteiger partial charge in [-0.25, -0.2) is 4.79 Å². The van der Waals surface area contributed by atoms with Crippen molar-refractivity contribution >= 4 is 81.4 Å². The third-order valence-electron chi connectivity index (χ3n) is 5.47. The number of furan rings is 1. The summed E-state index contributed by atoms with van der Waals surface area (Å²) in [5, 5.41) is 3.02. The minimum absolute atomic E-state index is 0.0948. The van der Waals surface area contributed by atoms with Gasteiger partial charge in [0.25, 0.3) is 11.1 Å². The zero-order valence-electron chi connectivity index (χ0n) is 20.5. The van der Waals surface area contributed by atoms with Crippen molar-refractivity contribution in [3.8, 4) is 11.3 Å². The molecule has 0 spiro atoms. The van der Waals surface area contributed by atoms with Crippen LogP contribution < -0.4 is 5.32 Å². The first kappa shape index (κ1) is 28.8. The Morgan fingerprint density at radius 2 is 1.85 bits per heavy atom. The molecule has 1 aliphatic heterocycles. The van der Waals surface area contributed by atoms with E-state index in [2.05, 4.69) is 5.32 Å². The van der Waals surface area contributed by atoms with Crippen LogP contribution in [0.5, 0.6) is 0 Å².